The fraction of sp³-hybridized carbons (Fsp3) is 0.160. The molecule has 0 unspecified atom stereocenters. The zero-order valence-corrected chi connectivity index (χ0v) is 18.2. The summed E-state index contributed by atoms with van der Waals surface area (Å²) >= 11 is 0. The highest BCUT2D eigenvalue weighted by Crippen LogP contribution is 2.31. The molecule has 1 aromatic heterocycles. The number of rotatable bonds is 8. The number of halogens is 2. The lowest BCUT2D eigenvalue weighted by atomic mass is 10.2. The topological polar surface area (TPSA) is 89.2 Å². The number of carbonyl (C=O) groups excluding carboxylic acids is 1. The van der Waals surface area contributed by atoms with Gasteiger partial charge >= 0.3 is 6.55 Å². The molecule has 9 heteroatoms. The van der Waals surface area contributed by atoms with Gasteiger partial charge in [-0.2, -0.15) is 14.0 Å². The number of nitriles is 1. The first-order valence-corrected chi connectivity index (χ1v) is 10.4. The molecule has 0 bridgehead atoms. The Labute approximate surface area is 194 Å². The van der Waals surface area contributed by atoms with Crippen molar-refractivity contribution in [2.24, 2.45) is 0 Å². The predicted molar refractivity (Wildman–Crippen MR) is 123 cm³/mol. The molecule has 172 valence electrons. The van der Waals surface area contributed by atoms with E-state index in [9.17, 15) is 13.6 Å². The largest absolute Gasteiger partial charge is 0.490 e. The number of carbonyl (C=O) groups is 1. The Morgan fingerprint density at radius 1 is 1.09 bits per heavy atom. The number of benzene rings is 3. The van der Waals surface area contributed by atoms with Gasteiger partial charge in [0.2, 0.25) is 0 Å². The van der Waals surface area contributed by atoms with Gasteiger partial charge in [0.15, 0.2) is 18.1 Å². The maximum Gasteiger partial charge on any atom is 0.320 e. The van der Waals surface area contributed by atoms with Crippen LogP contribution in [0.4, 0.5) is 14.5 Å². The van der Waals surface area contributed by atoms with Crippen molar-refractivity contribution < 1.29 is 23.0 Å². The Kier molecular flexibility index (Phi) is 6.69. The molecule has 0 spiro atoms. The van der Waals surface area contributed by atoms with Crippen molar-refractivity contribution >= 4 is 22.6 Å². The third-order valence-electron chi connectivity index (χ3n) is 4.95. The van der Waals surface area contributed by atoms with Crippen LogP contribution in [0, 0.1) is 11.3 Å². The van der Waals surface area contributed by atoms with E-state index >= 15 is 0 Å². The average molecular weight is 462 g/mol. The van der Waals surface area contributed by atoms with E-state index in [-0.39, 0.29) is 12.4 Å². The van der Waals surface area contributed by atoms with E-state index in [1.807, 2.05) is 6.07 Å². The van der Waals surface area contributed by atoms with Crippen molar-refractivity contribution in [3.8, 4) is 29.0 Å². The average Bonchev–Trinajstić information content (AvgIpc) is 3.24. The van der Waals surface area contributed by atoms with Crippen molar-refractivity contribution in [2.45, 2.75) is 13.5 Å². The lowest BCUT2D eigenvalue weighted by Gasteiger charge is -2.12. The minimum atomic E-state index is -2.75. The summed E-state index contributed by atoms with van der Waals surface area (Å²) in [5.41, 5.74) is 2.20. The van der Waals surface area contributed by atoms with Crippen LogP contribution in [0.3, 0.4) is 0 Å². The van der Waals surface area contributed by atoms with Crippen LogP contribution in [0.5, 0.6) is 11.5 Å². The summed E-state index contributed by atoms with van der Waals surface area (Å²) in [6.45, 7) is -0.851. The highest BCUT2D eigenvalue weighted by atomic mass is 19.3. The molecule has 1 N–H and O–H groups in total. The second-order valence-corrected chi connectivity index (χ2v) is 7.19. The summed E-state index contributed by atoms with van der Waals surface area (Å²) in [5.74, 6) is 0.443. The zero-order valence-electron chi connectivity index (χ0n) is 18.2. The number of ether oxygens (including phenoxy) is 2. The van der Waals surface area contributed by atoms with E-state index < -0.39 is 12.5 Å². The second kappa shape index (κ2) is 10.0. The van der Waals surface area contributed by atoms with Gasteiger partial charge in [-0.1, -0.05) is 12.1 Å². The highest BCUT2D eigenvalue weighted by molar-refractivity contribution is 5.92. The van der Waals surface area contributed by atoms with Gasteiger partial charge in [-0.05, 0) is 55.5 Å². The van der Waals surface area contributed by atoms with Crippen LogP contribution in [0.1, 0.15) is 19.0 Å². The quantitative estimate of drug-likeness (QED) is 0.379. The number of hydrogen-bond donors (Lipinski definition) is 1. The Balaban J connectivity index is 1.45. The van der Waals surface area contributed by atoms with E-state index in [1.54, 1.807) is 73.7 Å². The van der Waals surface area contributed by atoms with Gasteiger partial charge < -0.3 is 14.8 Å². The molecule has 34 heavy (non-hydrogen) atoms. The fourth-order valence-corrected chi connectivity index (χ4v) is 3.45. The van der Waals surface area contributed by atoms with Crippen molar-refractivity contribution in [2.75, 3.05) is 18.5 Å². The molecule has 0 aliphatic carbocycles. The molecule has 0 fully saturated rings. The van der Waals surface area contributed by atoms with Crippen LogP contribution in [0.25, 0.3) is 22.4 Å². The molecule has 3 aromatic carbocycles. The van der Waals surface area contributed by atoms with Crippen molar-refractivity contribution in [1.82, 2.24) is 9.55 Å². The summed E-state index contributed by atoms with van der Waals surface area (Å²) in [4.78, 5) is 16.7. The van der Waals surface area contributed by atoms with E-state index in [0.717, 1.165) is 4.57 Å². The zero-order chi connectivity index (χ0) is 24.1. The highest BCUT2D eigenvalue weighted by Gasteiger charge is 2.19. The summed E-state index contributed by atoms with van der Waals surface area (Å²) < 4.78 is 39.3. The van der Waals surface area contributed by atoms with Crippen molar-refractivity contribution in [3.05, 3.63) is 72.3 Å². The Morgan fingerprint density at radius 3 is 2.56 bits per heavy atom. The molecular weight excluding hydrogens is 442 g/mol. The monoisotopic (exact) mass is 462 g/mol. The molecule has 0 radical (unpaired) electrons. The van der Waals surface area contributed by atoms with Gasteiger partial charge in [0.25, 0.3) is 5.91 Å². The van der Waals surface area contributed by atoms with Crippen LogP contribution in [0.2, 0.25) is 0 Å². The summed E-state index contributed by atoms with van der Waals surface area (Å²) in [6, 6.07) is 19.8. The number of anilines is 1. The molecule has 7 nitrogen and oxygen atoms in total. The number of amides is 1. The Morgan fingerprint density at radius 2 is 1.85 bits per heavy atom. The summed E-state index contributed by atoms with van der Waals surface area (Å²) in [5, 5.41) is 11.7. The number of para-hydroxylation sites is 2. The molecule has 0 saturated heterocycles. The summed E-state index contributed by atoms with van der Waals surface area (Å²) in [6.07, 6.45) is 0. The number of aromatic nitrogens is 2. The lowest BCUT2D eigenvalue weighted by molar-refractivity contribution is -0.118. The van der Waals surface area contributed by atoms with Crippen LogP contribution in [-0.4, -0.2) is 28.7 Å². The van der Waals surface area contributed by atoms with Crippen LogP contribution < -0.4 is 14.8 Å². The van der Waals surface area contributed by atoms with Gasteiger partial charge in [-0.25, -0.2) is 4.98 Å². The van der Waals surface area contributed by atoms with E-state index in [0.29, 0.717) is 46.0 Å². The Bertz CT molecular complexity index is 1360. The van der Waals surface area contributed by atoms with Gasteiger partial charge in [-0.15, -0.1) is 0 Å². The van der Waals surface area contributed by atoms with Crippen molar-refractivity contribution in [1.29, 1.82) is 5.26 Å². The molecule has 0 aliphatic heterocycles. The SMILES string of the molecule is CCOc1cc(C#N)ccc1OCC(=O)Nc1ccc(-c2nc3ccccc3n2C(F)F)cc1. The van der Waals surface area contributed by atoms with E-state index in [2.05, 4.69) is 10.3 Å². The Hall–Kier alpha value is -4.45. The summed E-state index contributed by atoms with van der Waals surface area (Å²) in [7, 11) is 0. The fourth-order valence-electron chi connectivity index (χ4n) is 3.45. The van der Waals surface area contributed by atoms with Gasteiger partial charge in [0.05, 0.1) is 29.3 Å². The second-order valence-electron chi connectivity index (χ2n) is 7.19. The lowest BCUT2D eigenvalue weighted by Crippen LogP contribution is -2.20. The molecule has 0 atom stereocenters. The first kappa shape index (κ1) is 22.7. The van der Waals surface area contributed by atoms with Gasteiger partial charge in [0.1, 0.15) is 5.82 Å². The standard InChI is InChI=1S/C25H20F2N4O3/c1-2-33-22-13-16(14-28)7-12-21(22)34-15-23(32)29-18-10-8-17(9-11-18)24-30-19-5-3-4-6-20(19)31(24)25(26)27/h3-13,25H,2,15H2,1H3,(H,29,32). The number of fused-ring (bicyclic) bond motifs is 1. The maximum atomic E-state index is 13.7. The molecule has 1 heterocycles. The molecule has 1 amide bonds. The number of imidazole rings is 1. The predicted octanol–water partition coefficient (Wildman–Crippen LogP) is 5.39. The normalized spacial score (nSPS) is 10.8. The molecular formula is C25H20F2N4O3. The third-order valence-corrected chi connectivity index (χ3v) is 4.95. The number of hydrogen-bond acceptors (Lipinski definition) is 5. The minimum Gasteiger partial charge on any atom is -0.490 e. The van der Waals surface area contributed by atoms with E-state index in [4.69, 9.17) is 14.7 Å². The van der Waals surface area contributed by atoms with Gasteiger partial charge in [-0.3, -0.25) is 9.36 Å². The number of nitrogens with zero attached hydrogens (tertiary/aromatic N) is 3. The van der Waals surface area contributed by atoms with E-state index in [1.165, 1.54) is 0 Å². The van der Waals surface area contributed by atoms with Crippen LogP contribution >= 0.6 is 0 Å². The van der Waals surface area contributed by atoms with Crippen LogP contribution in [0.15, 0.2) is 66.7 Å². The smallest absolute Gasteiger partial charge is 0.320 e. The van der Waals surface area contributed by atoms with Crippen molar-refractivity contribution in [3.63, 3.8) is 0 Å². The third kappa shape index (κ3) is 4.81. The number of alkyl halides is 2. The number of nitrogens with one attached hydrogen (secondary N) is 1. The first-order chi connectivity index (χ1) is 16.5. The van der Waals surface area contributed by atoms with Crippen LogP contribution in [-0.2, 0) is 4.79 Å². The molecule has 0 aliphatic rings. The molecule has 4 aromatic rings. The maximum absolute atomic E-state index is 13.7. The molecule has 4 rings (SSSR count). The van der Waals surface area contributed by atoms with Gasteiger partial charge in [0, 0.05) is 17.3 Å². The minimum absolute atomic E-state index is 0.140. The molecule has 0 saturated carbocycles. The first-order valence-electron chi connectivity index (χ1n) is 10.4.